The van der Waals surface area contributed by atoms with Crippen LogP contribution in [0.3, 0.4) is 0 Å². The number of ether oxygens (including phenoxy) is 1. The molecule has 0 spiro atoms. The number of nitrogens with one attached hydrogen (secondary N) is 1. The molecule has 128 valence electrons. The zero-order chi connectivity index (χ0) is 17.4. The van der Waals surface area contributed by atoms with Gasteiger partial charge in [0.2, 0.25) is 0 Å². The van der Waals surface area contributed by atoms with Crippen LogP contribution in [0, 0.1) is 0 Å². The second kappa shape index (κ2) is 6.21. The highest BCUT2D eigenvalue weighted by atomic mass is 32.1. The molecule has 0 radical (unpaired) electrons. The monoisotopic (exact) mass is 356 g/mol. The molecule has 0 fully saturated rings. The molecule has 1 aromatic carbocycles. The molecule has 0 aliphatic carbocycles. The number of fused-ring (bicyclic) bond motifs is 2. The summed E-state index contributed by atoms with van der Waals surface area (Å²) in [4.78, 5) is 31.5. The second-order valence-corrected chi connectivity index (χ2v) is 6.58. The van der Waals surface area contributed by atoms with Crippen LogP contribution in [0.25, 0.3) is 4.96 Å². The first-order valence-corrected chi connectivity index (χ1v) is 8.71. The number of anilines is 1. The number of hydrogen-bond donors (Lipinski definition) is 1. The number of para-hydroxylation sites is 2. The van der Waals surface area contributed by atoms with Crippen LogP contribution in [-0.2, 0) is 11.3 Å². The molecule has 4 rings (SSSR count). The van der Waals surface area contributed by atoms with E-state index in [0.29, 0.717) is 29.5 Å². The molecule has 8 heteroatoms. The summed E-state index contributed by atoms with van der Waals surface area (Å²) in [6.07, 6.45) is 1.11. The third-order valence-electron chi connectivity index (χ3n) is 4.11. The minimum absolute atomic E-state index is 0.106. The zero-order valence-corrected chi connectivity index (χ0v) is 14.3. The number of carbonyl (C=O) groups excluding carboxylic acids is 1. The van der Waals surface area contributed by atoms with Crippen LogP contribution in [0.15, 0.2) is 46.7 Å². The van der Waals surface area contributed by atoms with Crippen LogP contribution in [-0.4, -0.2) is 35.0 Å². The fraction of sp³-hybridized carbons (Fsp3) is 0.235. The first-order valence-electron chi connectivity index (χ1n) is 7.84. The van der Waals surface area contributed by atoms with Crippen molar-refractivity contribution in [1.82, 2.24) is 14.7 Å². The molecule has 1 N–H and O–H groups in total. The van der Waals surface area contributed by atoms with Gasteiger partial charge in [0.25, 0.3) is 11.5 Å². The Morgan fingerprint density at radius 1 is 1.44 bits per heavy atom. The van der Waals surface area contributed by atoms with Crippen molar-refractivity contribution in [3.63, 3.8) is 0 Å². The molecule has 7 nitrogen and oxygen atoms in total. The summed E-state index contributed by atoms with van der Waals surface area (Å²) < 4.78 is 7.32. The summed E-state index contributed by atoms with van der Waals surface area (Å²) in [6.45, 7) is 0.819. The van der Waals surface area contributed by atoms with Gasteiger partial charge in [0.15, 0.2) is 11.1 Å². The molecule has 3 heterocycles. The van der Waals surface area contributed by atoms with Gasteiger partial charge in [-0.2, -0.15) is 0 Å². The normalized spacial score (nSPS) is 16.4. The summed E-state index contributed by atoms with van der Waals surface area (Å²) >= 11 is 1.42. The molecule has 25 heavy (non-hydrogen) atoms. The molecule has 1 aliphatic heterocycles. The van der Waals surface area contributed by atoms with Gasteiger partial charge in [-0.05, 0) is 12.1 Å². The van der Waals surface area contributed by atoms with Gasteiger partial charge in [-0.15, -0.1) is 11.3 Å². The fourth-order valence-corrected chi connectivity index (χ4v) is 3.66. The molecule has 0 saturated carbocycles. The molecular formula is C17H16N4O3S. The number of likely N-dealkylation sites (N-methyl/N-ethyl adjacent to an activating group) is 1. The number of hydrogen-bond acceptors (Lipinski definition) is 6. The quantitative estimate of drug-likeness (QED) is 0.765. The molecule has 0 bridgehead atoms. The number of amides is 1. The second-order valence-electron chi connectivity index (χ2n) is 5.71. The minimum Gasteiger partial charge on any atom is -0.477 e. The van der Waals surface area contributed by atoms with Crippen molar-refractivity contribution in [2.75, 3.05) is 18.5 Å². The Morgan fingerprint density at radius 2 is 2.28 bits per heavy atom. The Bertz CT molecular complexity index is 997. The Kier molecular flexibility index (Phi) is 3.89. The average molecular weight is 356 g/mol. The molecule has 1 amide bonds. The maximum absolute atomic E-state index is 12.2. The first-order chi connectivity index (χ1) is 12.2. The number of rotatable bonds is 3. The van der Waals surface area contributed by atoms with E-state index in [-0.39, 0.29) is 11.5 Å². The largest absolute Gasteiger partial charge is 0.477 e. The van der Waals surface area contributed by atoms with Crippen LogP contribution in [0.5, 0.6) is 5.75 Å². The maximum Gasteiger partial charge on any atom is 0.262 e. The smallest absolute Gasteiger partial charge is 0.262 e. The zero-order valence-electron chi connectivity index (χ0n) is 13.5. The van der Waals surface area contributed by atoms with Gasteiger partial charge >= 0.3 is 0 Å². The van der Waals surface area contributed by atoms with E-state index in [9.17, 15) is 9.59 Å². The highest BCUT2D eigenvalue weighted by Gasteiger charge is 2.30. The number of thiazole rings is 1. The third kappa shape index (κ3) is 2.85. The molecule has 2 aromatic heterocycles. The van der Waals surface area contributed by atoms with E-state index < -0.39 is 6.10 Å². The number of aromatic nitrogens is 2. The van der Waals surface area contributed by atoms with E-state index in [1.165, 1.54) is 21.8 Å². The van der Waals surface area contributed by atoms with Crippen molar-refractivity contribution in [2.24, 2.45) is 0 Å². The highest BCUT2D eigenvalue weighted by molar-refractivity contribution is 7.15. The van der Waals surface area contributed by atoms with E-state index in [2.05, 4.69) is 10.3 Å². The third-order valence-corrected chi connectivity index (χ3v) is 4.87. The molecule has 0 saturated heterocycles. The lowest BCUT2D eigenvalue weighted by atomic mass is 10.1. The average Bonchev–Trinajstić information content (AvgIpc) is 3.10. The first kappa shape index (κ1) is 15.6. The number of nitrogens with zero attached hydrogens (tertiary/aromatic N) is 3. The molecule has 0 unspecified atom stereocenters. The van der Waals surface area contributed by atoms with Crippen LogP contribution in [0.2, 0.25) is 0 Å². The summed E-state index contributed by atoms with van der Waals surface area (Å²) in [6, 6.07) is 9.09. The number of carbonyl (C=O) groups is 1. The lowest BCUT2D eigenvalue weighted by Gasteiger charge is -2.35. The fourth-order valence-electron chi connectivity index (χ4n) is 2.92. The van der Waals surface area contributed by atoms with Crippen LogP contribution in [0.4, 0.5) is 5.69 Å². The van der Waals surface area contributed by atoms with E-state index in [1.807, 2.05) is 34.5 Å². The van der Waals surface area contributed by atoms with E-state index in [1.54, 1.807) is 13.2 Å². The lowest BCUT2D eigenvalue weighted by molar-refractivity contribution is -0.127. The molecule has 3 aromatic rings. The van der Waals surface area contributed by atoms with Gasteiger partial charge in [-0.1, -0.05) is 12.1 Å². The van der Waals surface area contributed by atoms with E-state index in [4.69, 9.17) is 4.74 Å². The molecule has 1 aliphatic rings. The van der Waals surface area contributed by atoms with Crippen molar-refractivity contribution < 1.29 is 9.53 Å². The van der Waals surface area contributed by atoms with Gasteiger partial charge < -0.3 is 15.0 Å². The van der Waals surface area contributed by atoms with Gasteiger partial charge in [-0.3, -0.25) is 14.0 Å². The topological polar surface area (TPSA) is 75.9 Å². The van der Waals surface area contributed by atoms with Gasteiger partial charge in [0.05, 0.1) is 24.5 Å². The molecular weight excluding hydrogens is 340 g/mol. The summed E-state index contributed by atoms with van der Waals surface area (Å²) in [5.41, 5.74) is 1.45. The van der Waals surface area contributed by atoms with Crippen molar-refractivity contribution in [1.29, 1.82) is 0 Å². The summed E-state index contributed by atoms with van der Waals surface area (Å²) in [5, 5.41) is 4.45. The summed E-state index contributed by atoms with van der Waals surface area (Å²) in [7, 11) is 1.59. The van der Waals surface area contributed by atoms with Crippen molar-refractivity contribution >= 4 is 27.9 Å². The van der Waals surface area contributed by atoms with Crippen molar-refractivity contribution in [3.05, 3.63) is 58.0 Å². The van der Waals surface area contributed by atoms with Crippen molar-refractivity contribution in [3.8, 4) is 5.75 Å². The predicted molar refractivity (Wildman–Crippen MR) is 95.3 cm³/mol. The Labute approximate surface area is 147 Å². The van der Waals surface area contributed by atoms with Gasteiger partial charge in [0, 0.05) is 24.7 Å². The van der Waals surface area contributed by atoms with Crippen molar-refractivity contribution in [2.45, 2.75) is 12.6 Å². The van der Waals surface area contributed by atoms with E-state index >= 15 is 0 Å². The van der Waals surface area contributed by atoms with E-state index in [0.717, 1.165) is 5.69 Å². The number of benzene rings is 1. The Balaban J connectivity index is 1.69. The van der Waals surface area contributed by atoms with Gasteiger partial charge in [-0.25, -0.2) is 4.98 Å². The van der Waals surface area contributed by atoms with Crippen LogP contribution in [0.1, 0.15) is 5.69 Å². The standard InChI is InChI=1S/C17H16N4O3S/c1-18-16(23)14-10-20(12-4-2-3-5-13(12)24-14)9-11-8-15(22)21-6-7-25-17(21)19-11/h2-8,14H,9-10H2,1H3,(H,18,23)/t14-/m1/s1. The SMILES string of the molecule is CNC(=O)[C@H]1CN(Cc2cc(=O)n3ccsc3n2)c2ccccc2O1. The summed E-state index contributed by atoms with van der Waals surface area (Å²) in [5.74, 6) is 0.470. The van der Waals surface area contributed by atoms with Gasteiger partial charge in [0.1, 0.15) is 5.75 Å². The molecule has 1 atom stereocenters. The Morgan fingerprint density at radius 3 is 3.12 bits per heavy atom. The van der Waals surface area contributed by atoms with Crippen LogP contribution < -0.4 is 20.5 Å². The van der Waals surface area contributed by atoms with Crippen LogP contribution >= 0.6 is 11.3 Å². The lowest BCUT2D eigenvalue weighted by Crippen LogP contribution is -2.48. The maximum atomic E-state index is 12.2. The Hall–Kier alpha value is -2.87. The predicted octanol–water partition coefficient (Wildman–Crippen LogP) is 1.27. The minimum atomic E-state index is -0.605. The highest BCUT2D eigenvalue weighted by Crippen LogP contribution is 2.33.